The van der Waals surface area contributed by atoms with Crippen molar-refractivity contribution in [3.05, 3.63) is 57.7 Å². The highest BCUT2D eigenvalue weighted by molar-refractivity contribution is 14.1. The summed E-state index contributed by atoms with van der Waals surface area (Å²) in [5.41, 5.74) is 0. The first-order valence-corrected chi connectivity index (χ1v) is 5.62. The molecule has 0 atom stereocenters. The lowest BCUT2D eigenvalue weighted by atomic mass is 10.3. The van der Waals surface area contributed by atoms with Gasteiger partial charge in [-0.3, -0.25) is 0 Å². The summed E-state index contributed by atoms with van der Waals surface area (Å²) in [7, 11) is 0. The molecule has 0 aromatic heterocycles. The van der Waals surface area contributed by atoms with Crippen molar-refractivity contribution in [3.8, 4) is 11.5 Å². The van der Waals surface area contributed by atoms with E-state index in [9.17, 15) is 8.78 Å². The van der Waals surface area contributed by atoms with Crippen LogP contribution in [0.3, 0.4) is 0 Å². The van der Waals surface area contributed by atoms with Crippen LogP contribution in [0.15, 0.2) is 42.5 Å². The third-order valence-corrected chi connectivity index (χ3v) is 2.55. The second-order valence-electron chi connectivity index (χ2n) is 3.11. The molecule has 0 aliphatic rings. The first-order valence-electron chi connectivity index (χ1n) is 4.54. The Hall–Kier alpha value is -1.17. The van der Waals surface area contributed by atoms with Gasteiger partial charge in [-0.2, -0.15) is 0 Å². The summed E-state index contributed by atoms with van der Waals surface area (Å²) < 4.78 is 32.5. The van der Waals surface area contributed by atoms with Gasteiger partial charge in [0.25, 0.3) is 0 Å². The lowest BCUT2D eigenvalue weighted by Gasteiger charge is -2.07. The molecule has 1 nitrogen and oxygen atoms in total. The van der Waals surface area contributed by atoms with E-state index in [4.69, 9.17) is 4.74 Å². The van der Waals surface area contributed by atoms with Crippen molar-refractivity contribution in [2.45, 2.75) is 0 Å². The van der Waals surface area contributed by atoms with Gasteiger partial charge in [0.15, 0.2) is 17.4 Å². The van der Waals surface area contributed by atoms with E-state index in [1.165, 1.54) is 12.1 Å². The van der Waals surface area contributed by atoms with Gasteiger partial charge in [-0.05, 0) is 46.9 Å². The first-order chi connectivity index (χ1) is 7.66. The molecule has 2 rings (SSSR count). The van der Waals surface area contributed by atoms with Gasteiger partial charge < -0.3 is 4.74 Å². The van der Waals surface area contributed by atoms with Crippen LogP contribution in [-0.4, -0.2) is 0 Å². The van der Waals surface area contributed by atoms with Gasteiger partial charge >= 0.3 is 0 Å². The van der Waals surface area contributed by atoms with E-state index >= 15 is 0 Å². The molecule has 0 unspecified atom stereocenters. The van der Waals surface area contributed by atoms with Crippen molar-refractivity contribution in [2.75, 3.05) is 0 Å². The van der Waals surface area contributed by atoms with Crippen LogP contribution in [0.25, 0.3) is 0 Å². The highest BCUT2D eigenvalue weighted by Gasteiger charge is 2.12. The average molecular weight is 332 g/mol. The Kier molecular flexibility index (Phi) is 3.38. The fraction of sp³-hybridized carbons (Fsp3) is 0. The number of benzene rings is 2. The maximum Gasteiger partial charge on any atom is 0.198 e. The highest BCUT2D eigenvalue weighted by atomic mass is 127. The van der Waals surface area contributed by atoms with E-state index < -0.39 is 11.6 Å². The van der Waals surface area contributed by atoms with E-state index in [0.717, 1.165) is 0 Å². The van der Waals surface area contributed by atoms with E-state index in [-0.39, 0.29) is 5.75 Å². The van der Waals surface area contributed by atoms with Crippen LogP contribution in [0.2, 0.25) is 0 Å². The molecule has 0 saturated heterocycles. The number of ether oxygens (including phenoxy) is 1. The lowest BCUT2D eigenvalue weighted by Crippen LogP contribution is -1.93. The Bertz CT molecular complexity index is 477. The molecular formula is C12H7F2IO. The van der Waals surface area contributed by atoms with Crippen LogP contribution in [0.4, 0.5) is 8.78 Å². The van der Waals surface area contributed by atoms with Crippen molar-refractivity contribution in [3.63, 3.8) is 0 Å². The third kappa shape index (κ3) is 2.49. The second kappa shape index (κ2) is 4.78. The smallest absolute Gasteiger partial charge is 0.198 e. The maximum absolute atomic E-state index is 13.4. The second-order valence-corrected chi connectivity index (χ2v) is 4.36. The Morgan fingerprint density at radius 3 is 2.06 bits per heavy atom. The SMILES string of the molecule is Fc1cc(I)cc(F)c1Oc1ccccc1. The Morgan fingerprint density at radius 2 is 1.50 bits per heavy atom. The van der Waals surface area contributed by atoms with E-state index in [1.807, 2.05) is 22.6 Å². The molecule has 0 radical (unpaired) electrons. The maximum atomic E-state index is 13.4. The molecule has 0 aliphatic heterocycles. The molecule has 0 fully saturated rings. The standard InChI is InChI=1S/C12H7F2IO/c13-10-6-8(15)7-11(14)12(10)16-9-4-2-1-3-5-9/h1-7H. The lowest BCUT2D eigenvalue weighted by molar-refractivity contribution is 0.407. The minimum absolute atomic E-state index is 0.369. The topological polar surface area (TPSA) is 9.23 Å². The number of para-hydroxylation sites is 1. The predicted molar refractivity (Wildman–Crippen MR) is 65.6 cm³/mol. The van der Waals surface area contributed by atoms with Crippen LogP contribution >= 0.6 is 22.6 Å². The van der Waals surface area contributed by atoms with Gasteiger partial charge in [-0.15, -0.1) is 0 Å². The molecule has 0 bridgehead atoms. The summed E-state index contributed by atoms with van der Waals surface area (Å²) in [6, 6.07) is 11.0. The van der Waals surface area contributed by atoms with Crippen LogP contribution in [0.5, 0.6) is 11.5 Å². The molecule has 0 aliphatic carbocycles. The molecule has 0 saturated carbocycles. The van der Waals surface area contributed by atoms with Crippen molar-refractivity contribution < 1.29 is 13.5 Å². The van der Waals surface area contributed by atoms with E-state index in [0.29, 0.717) is 9.32 Å². The molecule has 0 amide bonds. The van der Waals surface area contributed by atoms with Crippen molar-refractivity contribution in [2.24, 2.45) is 0 Å². The van der Waals surface area contributed by atoms with E-state index in [2.05, 4.69) is 0 Å². The fourth-order valence-electron chi connectivity index (χ4n) is 1.23. The monoisotopic (exact) mass is 332 g/mol. The molecule has 4 heteroatoms. The van der Waals surface area contributed by atoms with Gasteiger partial charge in [-0.25, -0.2) is 8.78 Å². The molecule has 2 aromatic rings. The summed E-state index contributed by atoms with van der Waals surface area (Å²) in [5, 5.41) is 0. The molecule has 82 valence electrons. The Labute approximate surface area is 105 Å². The van der Waals surface area contributed by atoms with E-state index in [1.54, 1.807) is 30.3 Å². The predicted octanol–water partition coefficient (Wildman–Crippen LogP) is 4.36. The van der Waals surface area contributed by atoms with Gasteiger partial charge in [0.05, 0.1) is 0 Å². The van der Waals surface area contributed by atoms with Crippen molar-refractivity contribution in [1.82, 2.24) is 0 Å². The van der Waals surface area contributed by atoms with Crippen LogP contribution in [-0.2, 0) is 0 Å². The largest absolute Gasteiger partial charge is 0.451 e. The Morgan fingerprint density at radius 1 is 0.938 bits per heavy atom. The molecular weight excluding hydrogens is 325 g/mol. The zero-order valence-corrected chi connectivity index (χ0v) is 10.2. The molecule has 16 heavy (non-hydrogen) atoms. The van der Waals surface area contributed by atoms with Crippen LogP contribution < -0.4 is 4.74 Å². The summed E-state index contributed by atoms with van der Waals surface area (Å²) in [4.78, 5) is 0. The summed E-state index contributed by atoms with van der Waals surface area (Å²) >= 11 is 1.84. The zero-order chi connectivity index (χ0) is 11.5. The minimum Gasteiger partial charge on any atom is -0.451 e. The van der Waals surface area contributed by atoms with Gasteiger partial charge in [0.2, 0.25) is 0 Å². The minimum atomic E-state index is -0.701. The van der Waals surface area contributed by atoms with Crippen LogP contribution in [0.1, 0.15) is 0 Å². The number of halogens is 3. The number of hydrogen-bond donors (Lipinski definition) is 0. The third-order valence-electron chi connectivity index (χ3n) is 1.93. The molecule has 0 spiro atoms. The molecule has 0 N–H and O–H groups in total. The number of rotatable bonds is 2. The van der Waals surface area contributed by atoms with Crippen LogP contribution in [0, 0.1) is 15.2 Å². The number of hydrogen-bond acceptors (Lipinski definition) is 1. The van der Waals surface area contributed by atoms with Crippen molar-refractivity contribution in [1.29, 1.82) is 0 Å². The molecule has 0 heterocycles. The van der Waals surface area contributed by atoms with Gasteiger partial charge in [0, 0.05) is 3.57 Å². The first kappa shape index (κ1) is 11.3. The Balaban J connectivity index is 2.35. The van der Waals surface area contributed by atoms with Gasteiger partial charge in [0.1, 0.15) is 5.75 Å². The zero-order valence-electron chi connectivity index (χ0n) is 8.08. The summed E-state index contributed by atoms with van der Waals surface area (Å²) in [5.74, 6) is -1.37. The summed E-state index contributed by atoms with van der Waals surface area (Å²) in [6.45, 7) is 0. The van der Waals surface area contributed by atoms with Gasteiger partial charge in [-0.1, -0.05) is 18.2 Å². The molecule has 2 aromatic carbocycles. The quantitative estimate of drug-likeness (QED) is 0.743. The average Bonchev–Trinajstić information content (AvgIpc) is 2.25. The van der Waals surface area contributed by atoms with Crippen molar-refractivity contribution >= 4 is 22.6 Å². The fourth-order valence-corrected chi connectivity index (χ4v) is 1.78. The summed E-state index contributed by atoms with van der Waals surface area (Å²) in [6.07, 6.45) is 0. The highest BCUT2D eigenvalue weighted by Crippen LogP contribution is 2.28. The normalized spacial score (nSPS) is 10.2.